The Bertz CT molecular complexity index is 1190. The van der Waals surface area contributed by atoms with Crippen molar-refractivity contribution in [2.24, 2.45) is 0 Å². The van der Waals surface area contributed by atoms with E-state index in [9.17, 15) is 10.1 Å². The molecule has 0 radical (unpaired) electrons. The number of aliphatic hydroxyl groups excluding tert-OH is 1. The first-order chi connectivity index (χ1) is 16.6. The minimum Gasteiger partial charge on any atom is -0.454 e. The standard InChI is InChI=1S/C25H24ClN5O3/c26-22-14-17(25(33)30-19-7-10-31(11-8-19)12-13-32)4-5-24(22)34-23-3-1-2-20(21(23)15-27)18-6-9-28-29-16-18/h1-6,9,14,16,19,32H,7-8,10-13H2,(H,30,33). The molecule has 34 heavy (non-hydrogen) atoms. The van der Waals surface area contributed by atoms with Gasteiger partial charge >= 0.3 is 0 Å². The van der Waals surface area contributed by atoms with Crippen LogP contribution in [-0.2, 0) is 0 Å². The lowest BCUT2D eigenvalue weighted by Crippen LogP contribution is -2.45. The highest BCUT2D eigenvalue weighted by atomic mass is 35.5. The van der Waals surface area contributed by atoms with Crippen LogP contribution in [0.4, 0.5) is 0 Å². The van der Waals surface area contributed by atoms with Gasteiger partial charge in [0.05, 0.1) is 24.0 Å². The van der Waals surface area contributed by atoms with Gasteiger partial charge in [-0.25, -0.2) is 0 Å². The second-order valence-electron chi connectivity index (χ2n) is 7.98. The number of hydrogen-bond acceptors (Lipinski definition) is 7. The van der Waals surface area contributed by atoms with Gasteiger partial charge in [0, 0.05) is 42.4 Å². The van der Waals surface area contributed by atoms with Crippen molar-refractivity contribution in [3.8, 4) is 28.7 Å². The Morgan fingerprint density at radius 3 is 2.71 bits per heavy atom. The Labute approximate surface area is 202 Å². The summed E-state index contributed by atoms with van der Waals surface area (Å²) in [6, 6.07) is 14.2. The molecule has 1 saturated heterocycles. The number of amides is 1. The highest BCUT2D eigenvalue weighted by Crippen LogP contribution is 2.35. The summed E-state index contributed by atoms with van der Waals surface area (Å²) in [7, 11) is 0. The van der Waals surface area contributed by atoms with Gasteiger partial charge in [0.2, 0.25) is 0 Å². The number of aliphatic hydroxyl groups is 1. The molecular weight excluding hydrogens is 454 g/mol. The lowest BCUT2D eigenvalue weighted by Gasteiger charge is -2.31. The van der Waals surface area contributed by atoms with Crippen LogP contribution in [0.3, 0.4) is 0 Å². The summed E-state index contributed by atoms with van der Waals surface area (Å²) in [5, 5.41) is 29.8. The summed E-state index contributed by atoms with van der Waals surface area (Å²) in [6.45, 7) is 2.49. The molecule has 0 spiro atoms. The Morgan fingerprint density at radius 1 is 1.21 bits per heavy atom. The zero-order valence-electron chi connectivity index (χ0n) is 18.4. The number of carbonyl (C=O) groups excluding carboxylic acids is 1. The number of nitrogens with zero attached hydrogens (tertiary/aromatic N) is 4. The number of nitriles is 1. The smallest absolute Gasteiger partial charge is 0.251 e. The van der Waals surface area contributed by atoms with Gasteiger partial charge in [0.1, 0.15) is 23.1 Å². The zero-order valence-corrected chi connectivity index (χ0v) is 19.2. The first-order valence-electron chi connectivity index (χ1n) is 11.0. The fourth-order valence-electron chi connectivity index (χ4n) is 3.98. The molecule has 1 fully saturated rings. The fourth-order valence-corrected chi connectivity index (χ4v) is 4.20. The predicted octanol–water partition coefficient (Wildman–Crippen LogP) is 3.65. The summed E-state index contributed by atoms with van der Waals surface area (Å²) in [5.74, 6) is 0.501. The van der Waals surface area contributed by atoms with Crippen molar-refractivity contribution in [1.82, 2.24) is 20.4 Å². The van der Waals surface area contributed by atoms with E-state index in [-0.39, 0.29) is 23.6 Å². The first-order valence-corrected chi connectivity index (χ1v) is 11.4. The van der Waals surface area contributed by atoms with E-state index in [0.717, 1.165) is 31.5 Å². The number of β-amino-alcohol motifs (C(OH)–C–C–N with tert-alkyl or cyclic N) is 1. The van der Waals surface area contributed by atoms with Gasteiger partial charge in [-0.05, 0) is 43.2 Å². The number of ether oxygens (including phenoxy) is 1. The quantitative estimate of drug-likeness (QED) is 0.534. The van der Waals surface area contributed by atoms with E-state index < -0.39 is 0 Å². The molecule has 3 aromatic rings. The zero-order chi connectivity index (χ0) is 23.9. The molecule has 8 nitrogen and oxygen atoms in total. The highest BCUT2D eigenvalue weighted by molar-refractivity contribution is 6.32. The number of likely N-dealkylation sites (tertiary alicyclic amines) is 1. The minimum absolute atomic E-state index is 0.0840. The van der Waals surface area contributed by atoms with Crippen LogP contribution in [0, 0.1) is 11.3 Å². The van der Waals surface area contributed by atoms with Gasteiger partial charge in [0.15, 0.2) is 0 Å². The molecule has 2 aromatic carbocycles. The van der Waals surface area contributed by atoms with Crippen LogP contribution in [0.5, 0.6) is 11.5 Å². The molecule has 2 N–H and O–H groups in total. The third-order valence-corrected chi connectivity index (χ3v) is 6.08. The lowest BCUT2D eigenvalue weighted by molar-refractivity contribution is 0.0903. The van der Waals surface area contributed by atoms with Crippen LogP contribution < -0.4 is 10.1 Å². The highest BCUT2D eigenvalue weighted by Gasteiger charge is 2.21. The fraction of sp³-hybridized carbons (Fsp3) is 0.280. The van der Waals surface area contributed by atoms with Crippen LogP contribution in [0.2, 0.25) is 5.02 Å². The molecule has 0 saturated carbocycles. The van der Waals surface area contributed by atoms with Gasteiger partial charge in [-0.15, -0.1) is 0 Å². The summed E-state index contributed by atoms with van der Waals surface area (Å²) < 4.78 is 5.96. The molecule has 4 rings (SSSR count). The van der Waals surface area contributed by atoms with Crippen LogP contribution in [0.15, 0.2) is 54.9 Å². The van der Waals surface area contributed by atoms with Crippen LogP contribution in [-0.4, -0.2) is 58.4 Å². The van der Waals surface area contributed by atoms with Gasteiger partial charge < -0.3 is 20.1 Å². The normalized spacial score (nSPS) is 14.4. The van der Waals surface area contributed by atoms with Crippen LogP contribution >= 0.6 is 11.6 Å². The molecule has 2 heterocycles. The number of carbonyl (C=O) groups is 1. The molecule has 1 aliphatic rings. The van der Waals surface area contributed by atoms with E-state index in [4.69, 9.17) is 21.4 Å². The number of hydrogen-bond donors (Lipinski definition) is 2. The maximum absolute atomic E-state index is 12.7. The third kappa shape index (κ3) is 5.51. The summed E-state index contributed by atoms with van der Waals surface area (Å²) in [6.07, 6.45) is 4.81. The molecule has 9 heteroatoms. The monoisotopic (exact) mass is 477 g/mol. The maximum Gasteiger partial charge on any atom is 0.251 e. The molecule has 1 amide bonds. The topological polar surface area (TPSA) is 111 Å². The molecule has 0 unspecified atom stereocenters. The van der Waals surface area contributed by atoms with E-state index in [2.05, 4.69) is 26.5 Å². The van der Waals surface area contributed by atoms with E-state index in [1.54, 1.807) is 48.8 Å². The summed E-state index contributed by atoms with van der Waals surface area (Å²) >= 11 is 6.44. The number of nitrogens with one attached hydrogen (secondary N) is 1. The molecule has 1 aliphatic heterocycles. The average Bonchev–Trinajstić information content (AvgIpc) is 2.87. The van der Waals surface area contributed by atoms with Crippen molar-refractivity contribution in [3.63, 3.8) is 0 Å². The Morgan fingerprint density at radius 2 is 2.03 bits per heavy atom. The molecule has 174 valence electrons. The molecule has 0 atom stereocenters. The number of aromatic nitrogens is 2. The van der Waals surface area contributed by atoms with Crippen molar-refractivity contribution in [2.45, 2.75) is 18.9 Å². The maximum atomic E-state index is 12.7. The largest absolute Gasteiger partial charge is 0.454 e. The summed E-state index contributed by atoms with van der Waals surface area (Å²) in [4.78, 5) is 14.9. The minimum atomic E-state index is -0.195. The van der Waals surface area contributed by atoms with Crippen molar-refractivity contribution in [3.05, 3.63) is 71.0 Å². The van der Waals surface area contributed by atoms with Crippen molar-refractivity contribution >= 4 is 17.5 Å². The summed E-state index contributed by atoms with van der Waals surface area (Å²) in [5.41, 5.74) is 2.21. The number of halogens is 1. The second kappa shape index (κ2) is 11.1. The Kier molecular flexibility index (Phi) is 7.70. The van der Waals surface area contributed by atoms with Gasteiger partial charge in [-0.1, -0.05) is 23.7 Å². The van der Waals surface area contributed by atoms with E-state index in [1.807, 2.05) is 6.07 Å². The number of benzene rings is 2. The van der Waals surface area contributed by atoms with Gasteiger partial charge in [-0.3, -0.25) is 4.79 Å². The molecular formula is C25H24ClN5O3. The van der Waals surface area contributed by atoms with Crippen molar-refractivity contribution in [2.75, 3.05) is 26.2 Å². The number of rotatable bonds is 7. The predicted molar refractivity (Wildman–Crippen MR) is 128 cm³/mol. The Hall–Kier alpha value is -3.51. The van der Waals surface area contributed by atoms with E-state index in [0.29, 0.717) is 34.7 Å². The third-order valence-electron chi connectivity index (χ3n) is 5.79. The van der Waals surface area contributed by atoms with E-state index in [1.165, 1.54) is 0 Å². The first kappa shape index (κ1) is 23.6. The average molecular weight is 478 g/mol. The Balaban J connectivity index is 1.46. The lowest BCUT2D eigenvalue weighted by atomic mass is 10.0. The molecule has 1 aromatic heterocycles. The number of piperidine rings is 1. The molecule has 0 aliphatic carbocycles. The van der Waals surface area contributed by atoms with Crippen LogP contribution in [0.25, 0.3) is 11.1 Å². The van der Waals surface area contributed by atoms with Gasteiger partial charge in [0.25, 0.3) is 5.91 Å². The van der Waals surface area contributed by atoms with Crippen molar-refractivity contribution in [1.29, 1.82) is 5.26 Å². The van der Waals surface area contributed by atoms with Gasteiger partial charge in [-0.2, -0.15) is 15.5 Å². The second-order valence-corrected chi connectivity index (χ2v) is 8.39. The molecule has 0 bridgehead atoms. The van der Waals surface area contributed by atoms with E-state index >= 15 is 0 Å². The van der Waals surface area contributed by atoms with Crippen molar-refractivity contribution < 1.29 is 14.6 Å². The van der Waals surface area contributed by atoms with Crippen LogP contribution in [0.1, 0.15) is 28.8 Å². The SMILES string of the molecule is N#Cc1c(Oc2ccc(C(=O)NC3CCN(CCO)CC3)cc2Cl)cccc1-c1ccnnc1.